The van der Waals surface area contributed by atoms with E-state index in [2.05, 4.69) is 5.16 Å². The van der Waals surface area contributed by atoms with Crippen LogP contribution < -0.4 is 0 Å². The standard InChI is InChI=1S/C16H14F3NO/c1-12-6-2-3-8-14(12)11-21-20-10-13-7-4-5-9-15(13)16(17,18)19/h2-10H,11H2,1H3. The SMILES string of the molecule is Cc1ccccc1CON=Cc1ccccc1C(F)(F)F. The first kappa shape index (κ1) is 15.1. The zero-order valence-electron chi connectivity index (χ0n) is 11.4. The molecule has 21 heavy (non-hydrogen) atoms. The van der Waals surface area contributed by atoms with E-state index in [1.165, 1.54) is 18.2 Å². The van der Waals surface area contributed by atoms with E-state index in [-0.39, 0.29) is 12.2 Å². The first-order chi connectivity index (χ1) is 9.98. The second kappa shape index (κ2) is 6.43. The number of alkyl halides is 3. The van der Waals surface area contributed by atoms with Gasteiger partial charge in [-0.2, -0.15) is 13.2 Å². The first-order valence-electron chi connectivity index (χ1n) is 6.34. The molecule has 2 aromatic carbocycles. The maximum atomic E-state index is 12.8. The average Bonchev–Trinajstić information content (AvgIpc) is 2.45. The van der Waals surface area contributed by atoms with Crippen LogP contribution in [0.15, 0.2) is 53.7 Å². The van der Waals surface area contributed by atoms with Gasteiger partial charge in [0.25, 0.3) is 0 Å². The summed E-state index contributed by atoms with van der Waals surface area (Å²) in [5.74, 6) is 0. The molecule has 0 amide bonds. The third kappa shape index (κ3) is 4.08. The van der Waals surface area contributed by atoms with Gasteiger partial charge in [-0.15, -0.1) is 0 Å². The van der Waals surface area contributed by atoms with Crippen molar-refractivity contribution in [1.29, 1.82) is 0 Å². The van der Waals surface area contributed by atoms with Crippen LogP contribution in [0.25, 0.3) is 0 Å². The largest absolute Gasteiger partial charge is 0.417 e. The van der Waals surface area contributed by atoms with Crippen LogP contribution in [0.3, 0.4) is 0 Å². The van der Waals surface area contributed by atoms with Gasteiger partial charge in [-0.25, -0.2) is 0 Å². The highest BCUT2D eigenvalue weighted by Gasteiger charge is 2.32. The lowest BCUT2D eigenvalue weighted by Crippen LogP contribution is -2.08. The molecule has 0 spiro atoms. The number of hydrogen-bond donors (Lipinski definition) is 0. The Labute approximate surface area is 120 Å². The van der Waals surface area contributed by atoms with Crippen molar-refractivity contribution in [2.45, 2.75) is 19.7 Å². The quantitative estimate of drug-likeness (QED) is 0.598. The normalized spacial score (nSPS) is 11.8. The van der Waals surface area contributed by atoms with E-state index in [0.29, 0.717) is 0 Å². The molecule has 0 heterocycles. The molecule has 0 aliphatic carbocycles. The van der Waals surface area contributed by atoms with E-state index in [9.17, 15) is 13.2 Å². The highest BCUT2D eigenvalue weighted by Crippen LogP contribution is 2.31. The zero-order valence-corrected chi connectivity index (χ0v) is 11.4. The van der Waals surface area contributed by atoms with Gasteiger partial charge >= 0.3 is 6.18 Å². The molecule has 0 bridgehead atoms. The van der Waals surface area contributed by atoms with Gasteiger partial charge in [0.1, 0.15) is 6.61 Å². The molecule has 0 saturated carbocycles. The molecule has 0 fully saturated rings. The minimum Gasteiger partial charge on any atom is -0.391 e. The fourth-order valence-electron chi connectivity index (χ4n) is 1.84. The van der Waals surface area contributed by atoms with Crippen LogP contribution >= 0.6 is 0 Å². The summed E-state index contributed by atoms with van der Waals surface area (Å²) in [5.41, 5.74) is 1.24. The van der Waals surface area contributed by atoms with E-state index in [1.54, 1.807) is 0 Å². The van der Waals surface area contributed by atoms with Crippen molar-refractivity contribution >= 4 is 6.21 Å². The molecule has 110 valence electrons. The minimum absolute atomic E-state index is 0.0187. The van der Waals surface area contributed by atoms with Crippen molar-refractivity contribution in [1.82, 2.24) is 0 Å². The zero-order chi connectivity index (χ0) is 15.3. The Balaban J connectivity index is 2.04. The number of oxime groups is 1. The molecule has 0 radical (unpaired) electrons. The Kier molecular flexibility index (Phi) is 4.62. The maximum Gasteiger partial charge on any atom is 0.417 e. The van der Waals surface area contributed by atoms with Gasteiger partial charge in [-0.1, -0.05) is 47.6 Å². The molecular formula is C16H14F3NO. The van der Waals surface area contributed by atoms with Crippen LogP contribution in [-0.4, -0.2) is 6.21 Å². The monoisotopic (exact) mass is 293 g/mol. The smallest absolute Gasteiger partial charge is 0.391 e. The summed E-state index contributed by atoms with van der Waals surface area (Å²) in [7, 11) is 0. The third-order valence-electron chi connectivity index (χ3n) is 3.01. The molecule has 0 aliphatic rings. The number of rotatable bonds is 4. The van der Waals surface area contributed by atoms with Gasteiger partial charge in [0.15, 0.2) is 0 Å². The lowest BCUT2D eigenvalue weighted by Gasteiger charge is -2.09. The molecule has 2 nitrogen and oxygen atoms in total. The Morgan fingerprint density at radius 3 is 2.43 bits per heavy atom. The van der Waals surface area contributed by atoms with Gasteiger partial charge in [0.05, 0.1) is 11.8 Å². The van der Waals surface area contributed by atoms with Gasteiger partial charge in [0.2, 0.25) is 0 Å². The lowest BCUT2D eigenvalue weighted by molar-refractivity contribution is -0.137. The van der Waals surface area contributed by atoms with Crippen LogP contribution in [0.1, 0.15) is 22.3 Å². The Morgan fingerprint density at radius 1 is 1.05 bits per heavy atom. The Morgan fingerprint density at radius 2 is 1.71 bits per heavy atom. The van der Waals surface area contributed by atoms with Gasteiger partial charge in [-0.3, -0.25) is 0 Å². The molecule has 0 N–H and O–H groups in total. The van der Waals surface area contributed by atoms with Crippen LogP contribution in [-0.2, 0) is 17.6 Å². The highest BCUT2D eigenvalue weighted by atomic mass is 19.4. The molecule has 0 aliphatic heterocycles. The molecule has 2 aromatic rings. The molecule has 0 atom stereocenters. The summed E-state index contributed by atoms with van der Waals surface area (Å²) < 4.78 is 38.3. The second-order valence-corrected chi connectivity index (χ2v) is 4.52. The highest BCUT2D eigenvalue weighted by molar-refractivity contribution is 5.81. The summed E-state index contributed by atoms with van der Waals surface area (Å²) in [5, 5.41) is 3.63. The first-order valence-corrected chi connectivity index (χ1v) is 6.34. The number of aryl methyl sites for hydroxylation is 1. The van der Waals surface area contributed by atoms with Crippen molar-refractivity contribution < 1.29 is 18.0 Å². The Hall–Kier alpha value is -2.30. The van der Waals surface area contributed by atoms with Gasteiger partial charge in [-0.05, 0) is 24.1 Å². The van der Waals surface area contributed by atoms with E-state index in [4.69, 9.17) is 4.84 Å². The fraction of sp³-hybridized carbons (Fsp3) is 0.188. The van der Waals surface area contributed by atoms with Crippen molar-refractivity contribution in [3.05, 3.63) is 70.8 Å². The van der Waals surface area contributed by atoms with Crippen LogP contribution in [0.5, 0.6) is 0 Å². The second-order valence-electron chi connectivity index (χ2n) is 4.52. The van der Waals surface area contributed by atoms with Crippen LogP contribution in [0.2, 0.25) is 0 Å². The van der Waals surface area contributed by atoms with Crippen molar-refractivity contribution in [2.24, 2.45) is 5.16 Å². The van der Waals surface area contributed by atoms with E-state index < -0.39 is 11.7 Å². The third-order valence-corrected chi connectivity index (χ3v) is 3.01. The molecule has 0 aromatic heterocycles. The predicted molar refractivity (Wildman–Crippen MR) is 75.0 cm³/mol. The number of hydrogen-bond acceptors (Lipinski definition) is 2. The topological polar surface area (TPSA) is 21.6 Å². The average molecular weight is 293 g/mol. The summed E-state index contributed by atoms with van der Waals surface area (Å²) >= 11 is 0. The van der Waals surface area contributed by atoms with Crippen LogP contribution in [0, 0.1) is 6.92 Å². The minimum atomic E-state index is -4.40. The van der Waals surface area contributed by atoms with Crippen molar-refractivity contribution in [3.8, 4) is 0 Å². The lowest BCUT2D eigenvalue weighted by atomic mass is 10.1. The van der Waals surface area contributed by atoms with E-state index >= 15 is 0 Å². The fourth-order valence-corrected chi connectivity index (χ4v) is 1.84. The van der Waals surface area contributed by atoms with Crippen LogP contribution in [0.4, 0.5) is 13.2 Å². The summed E-state index contributed by atoms with van der Waals surface area (Å²) in [4.78, 5) is 5.07. The van der Waals surface area contributed by atoms with Crippen molar-refractivity contribution in [2.75, 3.05) is 0 Å². The molecule has 2 rings (SSSR count). The number of halogens is 3. The molecule has 5 heteroatoms. The molecule has 0 saturated heterocycles. The van der Waals surface area contributed by atoms with Gasteiger partial charge in [0, 0.05) is 5.56 Å². The number of benzene rings is 2. The van der Waals surface area contributed by atoms with Gasteiger partial charge < -0.3 is 4.84 Å². The Bertz CT molecular complexity index is 635. The summed E-state index contributed by atoms with van der Waals surface area (Å²) in [6.07, 6.45) is -3.32. The van der Waals surface area contributed by atoms with E-state index in [1.807, 2.05) is 31.2 Å². The van der Waals surface area contributed by atoms with E-state index in [0.717, 1.165) is 23.4 Å². The maximum absolute atomic E-state index is 12.8. The van der Waals surface area contributed by atoms with Crippen molar-refractivity contribution in [3.63, 3.8) is 0 Å². The number of nitrogens with zero attached hydrogens (tertiary/aromatic N) is 1. The summed E-state index contributed by atoms with van der Waals surface area (Å²) in [6.45, 7) is 2.15. The molecule has 0 unspecified atom stereocenters. The summed E-state index contributed by atoms with van der Waals surface area (Å²) in [6, 6.07) is 12.8. The molecular weight excluding hydrogens is 279 g/mol. The predicted octanol–water partition coefficient (Wildman–Crippen LogP) is 4.56.